The summed E-state index contributed by atoms with van der Waals surface area (Å²) >= 11 is 0. The van der Waals surface area contributed by atoms with Gasteiger partial charge in [0, 0.05) is 32.1 Å². The van der Waals surface area contributed by atoms with E-state index < -0.39 is 0 Å². The van der Waals surface area contributed by atoms with Gasteiger partial charge in [0.15, 0.2) is 5.69 Å². The molecule has 0 saturated carbocycles. The molecule has 0 aliphatic carbocycles. The lowest BCUT2D eigenvalue weighted by Crippen LogP contribution is -2.51. The third-order valence-corrected chi connectivity index (χ3v) is 7.13. The molecule has 5 rings (SSSR count). The van der Waals surface area contributed by atoms with Gasteiger partial charge in [-0.15, -0.1) is 0 Å². The molecule has 1 aromatic heterocycles. The molecule has 1 spiro atoms. The Morgan fingerprint density at radius 1 is 1.18 bits per heavy atom. The normalized spacial score (nSPS) is 20.3. The molecule has 174 valence electrons. The van der Waals surface area contributed by atoms with Crippen LogP contribution in [0.3, 0.4) is 0 Å². The number of carbonyl (C=O) groups is 1. The van der Waals surface area contributed by atoms with Gasteiger partial charge >= 0.3 is 0 Å². The van der Waals surface area contributed by atoms with E-state index in [2.05, 4.69) is 5.10 Å². The largest absolute Gasteiger partial charge is 0.494 e. The van der Waals surface area contributed by atoms with Crippen molar-refractivity contribution in [2.75, 3.05) is 26.3 Å². The maximum atomic E-state index is 13.2. The molecule has 7 heteroatoms. The van der Waals surface area contributed by atoms with E-state index in [4.69, 9.17) is 9.47 Å². The first-order valence-electron chi connectivity index (χ1n) is 11.8. The van der Waals surface area contributed by atoms with Crippen molar-refractivity contribution in [2.24, 2.45) is 13.0 Å². The van der Waals surface area contributed by atoms with E-state index in [1.54, 1.807) is 16.8 Å². The van der Waals surface area contributed by atoms with Gasteiger partial charge in [-0.3, -0.25) is 9.48 Å². The number of hydrogen-bond donors (Lipinski definition) is 0. The second-order valence-corrected chi connectivity index (χ2v) is 9.26. The summed E-state index contributed by atoms with van der Waals surface area (Å²) in [7, 11) is 1.88. The van der Waals surface area contributed by atoms with E-state index in [0.29, 0.717) is 37.1 Å². The first-order valence-corrected chi connectivity index (χ1v) is 11.8. The summed E-state index contributed by atoms with van der Waals surface area (Å²) in [6.45, 7) is 2.73. The maximum Gasteiger partial charge on any atom is 0.275 e. The van der Waals surface area contributed by atoms with Crippen LogP contribution in [0.4, 0.5) is 4.39 Å². The highest BCUT2D eigenvalue weighted by molar-refractivity contribution is 6.04. The molecule has 1 atom stereocenters. The van der Waals surface area contributed by atoms with E-state index in [1.165, 1.54) is 12.1 Å². The van der Waals surface area contributed by atoms with Crippen molar-refractivity contribution in [3.8, 4) is 5.75 Å². The van der Waals surface area contributed by atoms with Gasteiger partial charge in [-0.1, -0.05) is 18.2 Å². The molecule has 2 aliphatic heterocycles. The molecule has 6 nitrogen and oxygen atoms in total. The number of aryl methyl sites for hydroxylation is 1. The van der Waals surface area contributed by atoms with Gasteiger partial charge in [0.1, 0.15) is 11.6 Å². The van der Waals surface area contributed by atoms with Crippen LogP contribution < -0.4 is 4.74 Å². The summed E-state index contributed by atoms with van der Waals surface area (Å²) in [6.07, 6.45) is 4.66. The monoisotopic (exact) mass is 451 g/mol. The van der Waals surface area contributed by atoms with Crippen LogP contribution in [0.15, 0.2) is 48.5 Å². The topological polar surface area (TPSA) is 56.6 Å². The molecule has 2 aliphatic rings. The van der Waals surface area contributed by atoms with Crippen molar-refractivity contribution in [2.45, 2.75) is 37.7 Å². The van der Waals surface area contributed by atoms with Gasteiger partial charge in [0.2, 0.25) is 0 Å². The lowest BCUT2D eigenvalue weighted by molar-refractivity contribution is -0.125. The molecule has 2 fully saturated rings. The minimum absolute atomic E-state index is 0.00158. The number of amides is 1. The summed E-state index contributed by atoms with van der Waals surface area (Å²) in [6, 6.07) is 14.0. The number of piperidine rings is 1. The lowest BCUT2D eigenvalue weighted by atomic mass is 9.78. The first kappa shape index (κ1) is 21.9. The van der Waals surface area contributed by atoms with Crippen LogP contribution in [-0.4, -0.2) is 52.5 Å². The Balaban J connectivity index is 1.16. The Labute approximate surface area is 193 Å². The number of nitrogens with zero attached hydrogens (tertiary/aromatic N) is 3. The van der Waals surface area contributed by atoms with Crippen LogP contribution in [0.2, 0.25) is 0 Å². The minimum Gasteiger partial charge on any atom is -0.494 e. The van der Waals surface area contributed by atoms with E-state index in [-0.39, 0.29) is 17.3 Å². The predicted molar refractivity (Wildman–Crippen MR) is 124 cm³/mol. The number of carbonyl (C=O) groups excluding carboxylic acids is 1. The zero-order valence-corrected chi connectivity index (χ0v) is 19.0. The van der Waals surface area contributed by atoms with E-state index >= 15 is 0 Å². The molecule has 2 aromatic carbocycles. The van der Waals surface area contributed by atoms with Crippen molar-refractivity contribution in [3.05, 3.63) is 60.0 Å². The van der Waals surface area contributed by atoms with E-state index in [0.717, 1.165) is 49.6 Å². The third kappa shape index (κ3) is 4.60. The number of hydrogen-bond acceptors (Lipinski definition) is 4. The predicted octanol–water partition coefficient (Wildman–Crippen LogP) is 4.58. The first-order chi connectivity index (χ1) is 16.0. The Morgan fingerprint density at radius 3 is 2.73 bits per heavy atom. The van der Waals surface area contributed by atoms with Crippen LogP contribution in [0.1, 0.15) is 42.6 Å². The van der Waals surface area contributed by atoms with Crippen molar-refractivity contribution < 1.29 is 18.7 Å². The highest BCUT2D eigenvalue weighted by atomic mass is 19.1. The Hall–Kier alpha value is -2.93. The van der Waals surface area contributed by atoms with Crippen molar-refractivity contribution in [3.63, 3.8) is 0 Å². The lowest BCUT2D eigenvalue weighted by Gasteiger charge is -2.46. The zero-order chi connectivity index (χ0) is 22.8. The van der Waals surface area contributed by atoms with Gasteiger partial charge in [-0.2, -0.15) is 5.10 Å². The van der Waals surface area contributed by atoms with Crippen molar-refractivity contribution in [1.82, 2.24) is 14.7 Å². The van der Waals surface area contributed by atoms with Crippen LogP contribution in [-0.2, 0) is 11.8 Å². The summed E-state index contributed by atoms with van der Waals surface area (Å²) in [4.78, 5) is 15.2. The smallest absolute Gasteiger partial charge is 0.275 e. The number of rotatable bonds is 5. The fourth-order valence-electron chi connectivity index (χ4n) is 5.24. The van der Waals surface area contributed by atoms with Crippen molar-refractivity contribution >= 4 is 16.8 Å². The van der Waals surface area contributed by atoms with Crippen LogP contribution in [0.5, 0.6) is 5.75 Å². The maximum absolute atomic E-state index is 13.2. The molecule has 33 heavy (non-hydrogen) atoms. The Morgan fingerprint density at radius 2 is 1.94 bits per heavy atom. The second-order valence-electron chi connectivity index (χ2n) is 9.26. The van der Waals surface area contributed by atoms with Crippen LogP contribution in [0.25, 0.3) is 10.9 Å². The standard InChI is InChI=1S/C26H30FN3O3/c1-29-23-5-3-2-4-22(23)24(28-29)25(31)30-14-12-26(13-15-30)18-19(11-17-33-26)10-16-32-21-8-6-20(27)7-9-21/h2-9,19H,10-18H2,1H3. The average Bonchev–Trinajstić information content (AvgIpc) is 3.17. The van der Waals surface area contributed by atoms with Crippen LogP contribution >= 0.6 is 0 Å². The minimum atomic E-state index is -0.255. The molecule has 0 radical (unpaired) electrons. The molecule has 1 unspecified atom stereocenters. The number of likely N-dealkylation sites (tertiary alicyclic amines) is 1. The van der Waals surface area contributed by atoms with Gasteiger partial charge in [0.05, 0.1) is 17.7 Å². The van der Waals surface area contributed by atoms with Gasteiger partial charge in [0.25, 0.3) is 5.91 Å². The van der Waals surface area contributed by atoms with Gasteiger partial charge in [-0.05, 0) is 68.4 Å². The second kappa shape index (κ2) is 9.14. The number of benzene rings is 2. The molecular formula is C26H30FN3O3. The highest BCUT2D eigenvalue weighted by Crippen LogP contribution is 2.39. The molecule has 0 bridgehead atoms. The quantitative estimate of drug-likeness (QED) is 0.570. The highest BCUT2D eigenvalue weighted by Gasteiger charge is 2.41. The fourth-order valence-corrected chi connectivity index (χ4v) is 5.24. The summed E-state index contributed by atoms with van der Waals surface area (Å²) in [5, 5.41) is 5.41. The van der Waals surface area contributed by atoms with Crippen LogP contribution in [0, 0.1) is 11.7 Å². The molecule has 0 N–H and O–H groups in total. The Bertz CT molecular complexity index is 1120. The third-order valence-electron chi connectivity index (χ3n) is 7.13. The summed E-state index contributed by atoms with van der Waals surface area (Å²) in [5.41, 5.74) is 1.35. The fraction of sp³-hybridized carbons (Fsp3) is 0.462. The number of ether oxygens (including phenoxy) is 2. The number of fused-ring (bicyclic) bond motifs is 1. The molecular weight excluding hydrogens is 421 g/mol. The summed E-state index contributed by atoms with van der Waals surface area (Å²) < 4.78 is 26.9. The zero-order valence-electron chi connectivity index (χ0n) is 19.0. The van der Waals surface area contributed by atoms with E-state index in [9.17, 15) is 9.18 Å². The number of halogens is 1. The van der Waals surface area contributed by atoms with E-state index in [1.807, 2.05) is 36.2 Å². The van der Waals surface area contributed by atoms with Gasteiger partial charge in [-0.25, -0.2) is 4.39 Å². The molecule has 2 saturated heterocycles. The SMILES string of the molecule is Cn1nc(C(=O)N2CCC3(CC2)CC(CCOc2ccc(F)cc2)CCO3)c2ccccc21. The van der Waals surface area contributed by atoms with Gasteiger partial charge < -0.3 is 14.4 Å². The number of aromatic nitrogens is 2. The molecule has 3 heterocycles. The Kier molecular flexibility index (Phi) is 6.06. The molecule has 3 aromatic rings. The molecule has 1 amide bonds. The van der Waals surface area contributed by atoms with Crippen molar-refractivity contribution in [1.29, 1.82) is 0 Å². The number of para-hydroxylation sites is 1. The average molecular weight is 452 g/mol. The summed E-state index contributed by atoms with van der Waals surface area (Å²) in [5.74, 6) is 0.977.